The molecular formula is C20H21F3N6S. The Kier molecular flexibility index (Phi) is 6.74. The molecule has 1 fully saturated rings. The molecule has 6 nitrogen and oxygen atoms in total. The van der Waals surface area contributed by atoms with Gasteiger partial charge in [-0.25, -0.2) is 4.98 Å². The first-order valence-corrected chi connectivity index (χ1v) is 10.2. The minimum Gasteiger partial charge on any atom is -0.382 e. The number of nitrogens with zero attached hydrogens (tertiary/aromatic N) is 3. The molecule has 1 saturated heterocycles. The molecule has 0 aliphatic carbocycles. The number of rotatable bonds is 6. The van der Waals surface area contributed by atoms with Gasteiger partial charge in [0.05, 0.1) is 22.2 Å². The van der Waals surface area contributed by atoms with E-state index in [-0.39, 0.29) is 6.04 Å². The van der Waals surface area contributed by atoms with Crippen LogP contribution < -0.4 is 16.0 Å². The van der Waals surface area contributed by atoms with Crippen molar-refractivity contribution in [3.63, 3.8) is 0 Å². The molecule has 0 unspecified atom stereocenters. The molecule has 0 atom stereocenters. The number of allylic oxidation sites excluding steroid dienone is 1. The van der Waals surface area contributed by atoms with Gasteiger partial charge in [-0.05, 0) is 25.0 Å². The largest absolute Gasteiger partial charge is 0.405 e. The second kappa shape index (κ2) is 9.28. The molecule has 30 heavy (non-hydrogen) atoms. The first-order chi connectivity index (χ1) is 14.3. The van der Waals surface area contributed by atoms with Crippen LogP contribution in [-0.4, -0.2) is 43.1 Å². The predicted octanol–water partition coefficient (Wildman–Crippen LogP) is 3.75. The molecule has 0 radical (unpaired) electrons. The maximum atomic E-state index is 12.5. The van der Waals surface area contributed by atoms with Gasteiger partial charge in [0.15, 0.2) is 5.13 Å². The average molecular weight is 434 g/mol. The van der Waals surface area contributed by atoms with E-state index in [0.717, 1.165) is 42.8 Å². The molecule has 0 amide bonds. The third kappa shape index (κ3) is 5.37. The number of thiazole rings is 1. The maximum absolute atomic E-state index is 12.5. The molecule has 1 aliphatic rings. The lowest BCUT2D eigenvalue weighted by Gasteiger charge is -2.29. The van der Waals surface area contributed by atoms with E-state index < -0.39 is 12.7 Å². The fourth-order valence-electron chi connectivity index (χ4n) is 3.08. The monoisotopic (exact) mass is 434 g/mol. The van der Waals surface area contributed by atoms with E-state index >= 15 is 0 Å². The van der Waals surface area contributed by atoms with Crippen LogP contribution in [0.1, 0.15) is 23.3 Å². The number of nitriles is 1. The number of benzene rings is 1. The summed E-state index contributed by atoms with van der Waals surface area (Å²) in [6.07, 6.45) is -0.481. The summed E-state index contributed by atoms with van der Waals surface area (Å²) in [7, 11) is 0. The third-order valence-corrected chi connectivity index (χ3v) is 5.86. The molecule has 4 N–H and O–H groups in total. The number of hydrogen-bond donors (Lipinski definition) is 3. The van der Waals surface area contributed by atoms with Crippen molar-refractivity contribution < 1.29 is 13.2 Å². The smallest absolute Gasteiger partial charge is 0.382 e. The minimum atomic E-state index is -4.36. The fraction of sp³-hybridized carbons (Fsp3) is 0.350. The highest BCUT2D eigenvalue weighted by molar-refractivity contribution is 7.17. The number of anilines is 1. The summed E-state index contributed by atoms with van der Waals surface area (Å²) in [5.41, 5.74) is 8.07. The summed E-state index contributed by atoms with van der Waals surface area (Å²) in [4.78, 5) is 7.44. The van der Waals surface area contributed by atoms with Crippen molar-refractivity contribution in [3.05, 3.63) is 40.9 Å². The van der Waals surface area contributed by atoms with E-state index in [1.807, 2.05) is 0 Å². The second-order valence-electron chi connectivity index (χ2n) is 6.93. The summed E-state index contributed by atoms with van der Waals surface area (Å²) in [6.45, 7) is 0.306. The van der Waals surface area contributed by atoms with Crippen molar-refractivity contribution in [3.8, 4) is 17.3 Å². The van der Waals surface area contributed by atoms with Gasteiger partial charge in [0.2, 0.25) is 0 Å². The topological polar surface area (TPSA) is 102 Å². The first kappa shape index (κ1) is 21.8. The van der Waals surface area contributed by atoms with Crippen molar-refractivity contribution in [1.29, 1.82) is 10.7 Å². The molecular weight excluding hydrogens is 413 g/mol. The van der Waals surface area contributed by atoms with Crippen LogP contribution in [0.5, 0.6) is 0 Å². The molecule has 158 valence electrons. The summed E-state index contributed by atoms with van der Waals surface area (Å²) in [5, 5.41) is 19.7. The normalized spacial score (nSPS) is 15.7. The lowest BCUT2D eigenvalue weighted by molar-refractivity contribution is -0.122. The zero-order chi connectivity index (χ0) is 21.7. The number of aromatic nitrogens is 1. The summed E-state index contributed by atoms with van der Waals surface area (Å²) in [5.74, 6) is 0. The Morgan fingerprint density at radius 1 is 1.33 bits per heavy atom. The summed E-state index contributed by atoms with van der Waals surface area (Å²) < 4.78 is 37.5. The molecule has 2 heterocycles. The number of nitrogens with two attached hydrogens (primary N) is 1. The van der Waals surface area contributed by atoms with Crippen molar-refractivity contribution in [1.82, 2.24) is 10.3 Å². The molecule has 1 aromatic carbocycles. The van der Waals surface area contributed by atoms with Crippen LogP contribution in [-0.2, 0) is 0 Å². The molecule has 10 heteroatoms. The van der Waals surface area contributed by atoms with E-state index in [1.165, 1.54) is 17.5 Å². The quantitative estimate of drug-likeness (QED) is 0.601. The number of alkyl halides is 3. The highest BCUT2D eigenvalue weighted by Crippen LogP contribution is 2.38. The maximum Gasteiger partial charge on any atom is 0.405 e. The van der Waals surface area contributed by atoms with Gasteiger partial charge >= 0.3 is 6.18 Å². The number of piperidine rings is 1. The van der Waals surface area contributed by atoms with Crippen LogP contribution in [0, 0.1) is 16.7 Å². The van der Waals surface area contributed by atoms with Crippen molar-refractivity contribution in [2.45, 2.75) is 25.1 Å². The molecule has 3 rings (SSSR count). The highest BCUT2D eigenvalue weighted by atomic mass is 32.1. The Morgan fingerprint density at radius 3 is 2.57 bits per heavy atom. The summed E-state index contributed by atoms with van der Waals surface area (Å²) in [6, 6.07) is 9.03. The van der Waals surface area contributed by atoms with Gasteiger partial charge in [0.25, 0.3) is 0 Å². The second-order valence-corrected chi connectivity index (χ2v) is 7.91. The third-order valence-electron chi connectivity index (χ3n) is 4.69. The predicted molar refractivity (Wildman–Crippen MR) is 113 cm³/mol. The van der Waals surface area contributed by atoms with Gasteiger partial charge in [-0.3, -0.25) is 0 Å². The Bertz CT molecular complexity index is 950. The number of halogens is 3. The van der Waals surface area contributed by atoms with Crippen LogP contribution in [0.3, 0.4) is 0 Å². The van der Waals surface area contributed by atoms with Gasteiger partial charge in [-0.15, -0.1) is 0 Å². The molecule has 0 spiro atoms. The molecule has 2 aromatic rings. The van der Waals surface area contributed by atoms with Crippen molar-refractivity contribution in [2.75, 3.05) is 24.5 Å². The zero-order valence-electron chi connectivity index (χ0n) is 16.0. The van der Waals surface area contributed by atoms with Crippen LogP contribution >= 0.6 is 11.3 Å². The Hall–Kier alpha value is -2.90. The van der Waals surface area contributed by atoms with E-state index in [1.54, 1.807) is 24.3 Å². The van der Waals surface area contributed by atoms with Crippen LogP contribution in [0.15, 0.2) is 30.5 Å². The van der Waals surface area contributed by atoms with Gasteiger partial charge in [-0.1, -0.05) is 23.5 Å². The molecule has 0 bridgehead atoms. The van der Waals surface area contributed by atoms with E-state index in [4.69, 9.17) is 21.4 Å². The van der Waals surface area contributed by atoms with E-state index in [9.17, 15) is 13.2 Å². The first-order valence-electron chi connectivity index (χ1n) is 9.34. The fourth-order valence-corrected chi connectivity index (χ4v) is 4.21. The highest BCUT2D eigenvalue weighted by Gasteiger charge is 2.26. The average Bonchev–Trinajstić information content (AvgIpc) is 3.16. The van der Waals surface area contributed by atoms with Gasteiger partial charge < -0.3 is 21.4 Å². The Morgan fingerprint density at radius 2 is 2.00 bits per heavy atom. The molecule has 1 aromatic heterocycles. The van der Waals surface area contributed by atoms with Crippen LogP contribution in [0.25, 0.3) is 16.8 Å². The SMILES string of the molecule is N#Cc1ccc(-c2nc(N3CCC(N)CC3)sc2/C(C=N)=C/NCC(F)(F)F)cc1. The van der Waals surface area contributed by atoms with Gasteiger partial charge in [0.1, 0.15) is 6.54 Å². The Labute approximate surface area is 176 Å². The summed E-state index contributed by atoms with van der Waals surface area (Å²) >= 11 is 1.33. The van der Waals surface area contributed by atoms with Crippen molar-refractivity contribution in [2.24, 2.45) is 5.73 Å². The Balaban J connectivity index is 1.98. The number of nitrogens with one attached hydrogen (secondary N) is 2. The van der Waals surface area contributed by atoms with Gasteiger partial charge in [0, 0.05) is 42.7 Å². The zero-order valence-corrected chi connectivity index (χ0v) is 16.9. The standard InChI is InChI=1S/C20H21F3N6S/c21-20(22,23)12-27-11-15(10-25)18-17(14-3-1-13(9-24)2-4-14)28-19(30-18)29-7-5-16(26)6-8-29/h1-4,10-11,16,25,27H,5-8,12,26H2/b15-11+,25-10?. The van der Waals surface area contributed by atoms with Crippen molar-refractivity contribution >= 4 is 28.3 Å². The van der Waals surface area contributed by atoms with E-state index in [0.29, 0.717) is 21.7 Å². The number of hydrogen-bond acceptors (Lipinski definition) is 7. The lowest BCUT2D eigenvalue weighted by atomic mass is 10.1. The minimum absolute atomic E-state index is 0.155. The molecule has 1 aliphatic heterocycles. The van der Waals surface area contributed by atoms with Gasteiger partial charge in [-0.2, -0.15) is 18.4 Å². The van der Waals surface area contributed by atoms with Crippen LogP contribution in [0.2, 0.25) is 0 Å². The van der Waals surface area contributed by atoms with Crippen LogP contribution in [0.4, 0.5) is 18.3 Å². The van der Waals surface area contributed by atoms with E-state index in [2.05, 4.69) is 16.3 Å². The lowest BCUT2D eigenvalue weighted by Crippen LogP contribution is -2.39. The molecule has 0 saturated carbocycles.